The summed E-state index contributed by atoms with van der Waals surface area (Å²) in [6, 6.07) is 18.5. The Balaban J connectivity index is 1.56. The van der Waals surface area contributed by atoms with Crippen LogP contribution < -0.4 is 10.4 Å². The zero-order chi connectivity index (χ0) is 23.2. The van der Waals surface area contributed by atoms with Crippen LogP contribution in [0.15, 0.2) is 59.5 Å². The van der Waals surface area contributed by atoms with E-state index in [1.165, 1.54) is 6.20 Å². The maximum Gasteiger partial charge on any atom is 0.328 e. The summed E-state index contributed by atoms with van der Waals surface area (Å²) in [7, 11) is 1.78. The number of hydrogen-bond donors (Lipinski definition) is 0. The first kappa shape index (κ1) is 20.5. The normalized spacial score (nSPS) is 13.9. The summed E-state index contributed by atoms with van der Waals surface area (Å²) in [5.74, 6) is 1.02. The number of aromatic nitrogens is 3. The van der Waals surface area contributed by atoms with Crippen LogP contribution in [0.1, 0.15) is 31.0 Å². The van der Waals surface area contributed by atoms with Crippen molar-refractivity contribution in [2.24, 2.45) is 12.5 Å². The van der Waals surface area contributed by atoms with Crippen molar-refractivity contribution in [1.82, 2.24) is 14.1 Å². The van der Waals surface area contributed by atoms with E-state index in [-0.39, 0.29) is 16.8 Å². The van der Waals surface area contributed by atoms with Crippen molar-refractivity contribution in [2.45, 2.75) is 26.3 Å². The van der Waals surface area contributed by atoms with Gasteiger partial charge in [-0.05, 0) is 60.2 Å². The molecule has 7 heteroatoms. The molecule has 0 spiro atoms. The van der Waals surface area contributed by atoms with E-state index in [0.29, 0.717) is 29.2 Å². The summed E-state index contributed by atoms with van der Waals surface area (Å²) in [4.78, 5) is 16.8. The molecule has 33 heavy (non-hydrogen) atoms. The maximum atomic E-state index is 12.9. The zero-order valence-electron chi connectivity index (χ0n) is 18.4. The Morgan fingerprint density at radius 3 is 2.55 bits per heavy atom. The number of nitrogens with zero attached hydrogens (tertiary/aromatic N) is 5. The van der Waals surface area contributed by atoms with Crippen molar-refractivity contribution >= 4 is 11.0 Å². The molecule has 0 amide bonds. The van der Waals surface area contributed by atoms with Gasteiger partial charge in [-0.1, -0.05) is 13.0 Å². The number of pyridine rings is 1. The number of rotatable bonds is 5. The third-order valence-electron chi connectivity index (χ3n) is 6.29. The largest absolute Gasteiger partial charge is 0.457 e. The van der Waals surface area contributed by atoms with Crippen molar-refractivity contribution in [3.63, 3.8) is 0 Å². The summed E-state index contributed by atoms with van der Waals surface area (Å²) in [5, 5.41) is 18.7. The van der Waals surface area contributed by atoms with Gasteiger partial charge in [0.1, 0.15) is 23.3 Å². The highest BCUT2D eigenvalue weighted by atomic mass is 16.5. The molecule has 162 valence electrons. The van der Waals surface area contributed by atoms with Gasteiger partial charge in [-0.25, -0.2) is 9.78 Å². The van der Waals surface area contributed by atoms with Gasteiger partial charge in [-0.15, -0.1) is 0 Å². The van der Waals surface area contributed by atoms with Crippen LogP contribution in [-0.2, 0) is 13.6 Å². The third-order valence-corrected chi connectivity index (χ3v) is 6.29. The molecule has 0 atom stereocenters. The number of fused-ring (bicyclic) bond motifs is 1. The first-order valence-corrected chi connectivity index (χ1v) is 10.7. The minimum absolute atomic E-state index is 0.0288. The van der Waals surface area contributed by atoms with Gasteiger partial charge in [0.05, 0.1) is 22.7 Å². The Bertz CT molecular complexity index is 1540. The highest BCUT2D eigenvalue weighted by Gasteiger charge is 2.38. The van der Waals surface area contributed by atoms with Crippen LogP contribution in [0, 0.1) is 28.1 Å². The molecule has 7 nitrogen and oxygen atoms in total. The van der Waals surface area contributed by atoms with Crippen LogP contribution in [0.25, 0.3) is 22.2 Å². The second-order valence-corrected chi connectivity index (χ2v) is 8.85. The summed E-state index contributed by atoms with van der Waals surface area (Å²) in [6.07, 6.45) is 3.79. The smallest absolute Gasteiger partial charge is 0.328 e. The molecule has 4 aromatic rings. The van der Waals surface area contributed by atoms with Crippen LogP contribution >= 0.6 is 0 Å². The Morgan fingerprint density at radius 1 is 1.03 bits per heavy atom. The van der Waals surface area contributed by atoms with Gasteiger partial charge in [-0.2, -0.15) is 10.5 Å². The van der Waals surface area contributed by atoms with E-state index in [2.05, 4.69) is 18.0 Å². The average Bonchev–Trinajstić information content (AvgIpc) is 3.53. The van der Waals surface area contributed by atoms with Crippen molar-refractivity contribution in [3.05, 3.63) is 76.5 Å². The van der Waals surface area contributed by atoms with Crippen LogP contribution in [0.3, 0.4) is 0 Å². The highest BCUT2D eigenvalue weighted by molar-refractivity contribution is 5.84. The van der Waals surface area contributed by atoms with Gasteiger partial charge in [-0.3, -0.25) is 9.13 Å². The molecule has 1 fully saturated rings. The molecule has 5 rings (SSSR count). The minimum Gasteiger partial charge on any atom is -0.457 e. The molecule has 0 unspecified atom stereocenters. The predicted molar refractivity (Wildman–Crippen MR) is 124 cm³/mol. The Labute approximate surface area is 190 Å². The van der Waals surface area contributed by atoms with Crippen molar-refractivity contribution in [2.75, 3.05) is 0 Å². The molecule has 1 aliphatic carbocycles. The van der Waals surface area contributed by atoms with E-state index < -0.39 is 0 Å². The van der Waals surface area contributed by atoms with Crippen molar-refractivity contribution in [1.29, 1.82) is 10.5 Å². The summed E-state index contributed by atoms with van der Waals surface area (Å²) < 4.78 is 9.44. The fourth-order valence-corrected chi connectivity index (χ4v) is 4.08. The van der Waals surface area contributed by atoms with Gasteiger partial charge >= 0.3 is 5.69 Å². The Morgan fingerprint density at radius 2 is 1.82 bits per heavy atom. The second kappa shape index (κ2) is 7.65. The van der Waals surface area contributed by atoms with Gasteiger partial charge in [0.2, 0.25) is 0 Å². The molecule has 2 heterocycles. The molecule has 0 bridgehead atoms. The molecular formula is C26H21N5O2. The van der Waals surface area contributed by atoms with Gasteiger partial charge in [0.15, 0.2) is 0 Å². The molecule has 0 N–H and O–H groups in total. The highest BCUT2D eigenvalue weighted by Crippen LogP contribution is 2.46. The van der Waals surface area contributed by atoms with Crippen molar-refractivity contribution < 1.29 is 4.74 Å². The topological polar surface area (TPSA) is 96.6 Å². The maximum absolute atomic E-state index is 12.9. The Kier molecular flexibility index (Phi) is 4.76. The number of ether oxygens (including phenoxy) is 1. The lowest BCUT2D eigenvalue weighted by atomic mass is 9.99. The van der Waals surface area contributed by atoms with E-state index in [1.807, 2.05) is 28.8 Å². The third kappa shape index (κ3) is 3.75. The van der Waals surface area contributed by atoms with Crippen LogP contribution in [0.4, 0.5) is 0 Å². The minimum atomic E-state index is -0.0288. The molecule has 0 radical (unpaired) electrons. The first-order valence-electron chi connectivity index (χ1n) is 10.7. The standard InChI is InChI=1S/C26H21N5O2/c1-26(8-9-26)16-31-23-6-4-17(11-24(23)30(2)25(31)32)22-13-20(5-3-18(22)14-27)33-21-7-10-29-19(12-21)15-28/h3-7,10-13H,8-9,16H2,1-2H3. The number of imidazole rings is 1. The number of hydrogen-bond acceptors (Lipinski definition) is 5. The first-order chi connectivity index (χ1) is 15.9. The lowest BCUT2D eigenvalue weighted by Gasteiger charge is -2.11. The van der Waals surface area contributed by atoms with E-state index >= 15 is 0 Å². The molecule has 1 aliphatic rings. The number of nitriles is 2. The fraction of sp³-hybridized carbons (Fsp3) is 0.231. The fourth-order valence-electron chi connectivity index (χ4n) is 4.08. The van der Waals surface area contributed by atoms with Crippen LogP contribution in [0.5, 0.6) is 11.5 Å². The average molecular weight is 435 g/mol. The summed E-state index contributed by atoms with van der Waals surface area (Å²) in [5.41, 5.74) is 4.19. The van der Waals surface area contributed by atoms with E-state index in [0.717, 1.165) is 29.4 Å². The second-order valence-electron chi connectivity index (χ2n) is 8.85. The van der Waals surface area contributed by atoms with E-state index in [4.69, 9.17) is 10.00 Å². The van der Waals surface area contributed by atoms with Gasteiger partial charge < -0.3 is 4.74 Å². The van der Waals surface area contributed by atoms with Crippen LogP contribution in [-0.4, -0.2) is 14.1 Å². The lowest BCUT2D eigenvalue weighted by molar-refractivity contribution is 0.460. The van der Waals surface area contributed by atoms with Gasteiger partial charge in [0, 0.05) is 31.4 Å². The molecule has 0 aliphatic heterocycles. The summed E-state index contributed by atoms with van der Waals surface area (Å²) >= 11 is 0. The monoisotopic (exact) mass is 435 g/mol. The molecule has 0 saturated heterocycles. The zero-order valence-corrected chi connectivity index (χ0v) is 18.4. The molecule has 1 saturated carbocycles. The van der Waals surface area contributed by atoms with Gasteiger partial charge in [0.25, 0.3) is 0 Å². The van der Waals surface area contributed by atoms with Crippen molar-refractivity contribution in [3.8, 4) is 34.8 Å². The quantitative estimate of drug-likeness (QED) is 0.451. The molecular weight excluding hydrogens is 414 g/mol. The summed E-state index contributed by atoms with van der Waals surface area (Å²) in [6.45, 7) is 2.92. The molecule has 2 aromatic carbocycles. The predicted octanol–water partition coefficient (Wildman–Crippen LogP) is 4.74. The Hall–Kier alpha value is -4.36. The van der Waals surface area contributed by atoms with E-state index in [1.54, 1.807) is 41.9 Å². The number of benzene rings is 2. The number of aryl methyl sites for hydroxylation is 1. The lowest BCUT2D eigenvalue weighted by Crippen LogP contribution is -2.25. The van der Waals surface area contributed by atoms with Crippen LogP contribution in [0.2, 0.25) is 0 Å². The molecule has 2 aromatic heterocycles. The SMILES string of the molecule is Cn1c(=O)n(CC2(C)CC2)c2ccc(-c3cc(Oc4ccnc(C#N)c4)ccc3C#N)cc21. The van der Waals surface area contributed by atoms with E-state index in [9.17, 15) is 10.1 Å².